The summed E-state index contributed by atoms with van der Waals surface area (Å²) < 4.78 is 55.9. The van der Waals surface area contributed by atoms with E-state index < -0.39 is 26.0 Å². The molecule has 2 N–H and O–H groups in total. The topological polar surface area (TPSA) is 113 Å². The van der Waals surface area contributed by atoms with Crippen LogP contribution in [-0.4, -0.2) is 40.1 Å². The number of amides is 1. The Morgan fingerprint density at radius 3 is 2.14 bits per heavy atom. The molecule has 0 bridgehead atoms. The van der Waals surface area contributed by atoms with Crippen LogP contribution in [-0.2, 0) is 20.0 Å². The zero-order valence-electron chi connectivity index (χ0n) is 20.2. The molecule has 0 aromatic heterocycles. The number of piperidine rings is 1. The molecule has 0 radical (unpaired) electrons. The normalized spacial score (nSPS) is 14.8. The first-order valence-electron chi connectivity index (χ1n) is 11.7. The van der Waals surface area contributed by atoms with Crippen molar-refractivity contribution in [2.24, 2.45) is 0 Å². The van der Waals surface area contributed by atoms with Crippen LogP contribution in [0.4, 0.5) is 11.4 Å². The molecule has 8 nitrogen and oxygen atoms in total. The Kier molecular flexibility index (Phi) is 7.49. The van der Waals surface area contributed by atoms with Gasteiger partial charge in [-0.15, -0.1) is 0 Å². The standard InChI is InChI=1S/C26H29N3O5S2/c1-19-8-4-5-9-24(19)28-35(31,32)25-18-21(11-10-20(25)2)26(30)27-22-12-14-23(15-13-22)36(33,34)29-16-6-3-7-17-29/h4-5,8-15,18,28H,3,6-7,16-17H2,1-2H3,(H,27,30). The smallest absolute Gasteiger partial charge is 0.262 e. The van der Waals surface area contributed by atoms with E-state index in [1.165, 1.54) is 34.6 Å². The molecule has 0 spiro atoms. The second kappa shape index (κ2) is 10.4. The maximum absolute atomic E-state index is 13.1. The lowest BCUT2D eigenvalue weighted by molar-refractivity contribution is 0.102. The number of para-hydroxylation sites is 1. The molecule has 0 atom stereocenters. The van der Waals surface area contributed by atoms with Crippen LogP contribution in [0.1, 0.15) is 40.7 Å². The largest absolute Gasteiger partial charge is 0.322 e. The van der Waals surface area contributed by atoms with Gasteiger partial charge in [-0.2, -0.15) is 4.31 Å². The van der Waals surface area contributed by atoms with Crippen LogP contribution in [0, 0.1) is 13.8 Å². The van der Waals surface area contributed by atoms with Crippen LogP contribution < -0.4 is 10.0 Å². The van der Waals surface area contributed by atoms with E-state index in [-0.39, 0.29) is 15.4 Å². The average Bonchev–Trinajstić information content (AvgIpc) is 2.86. The maximum atomic E-state index is 13.1. The summed E-state index contributed by atoms with van der Waals surface area (Å²) in [7, 11) is -7.50. The zero-order valence-corrected chi connectivity index (χ0v) is 21.8. The third-order valence-electron chi connectivity index (χ3n) is 6.19. The van der Waals surface area contributed by atoms with E-state index in [9.17, 15) is 21.6 Å². The molecule has 3 aromatic rings. The van der Waals surface area contributed by atoms with Gasteiger partial charge in [-0.25, -0.2) is 16.8 Å². The Morgan fingerprint density at radius 1 is 0.806 bits per heavy atom. The SMILES string of the molecule is Cc1ccccc1NS(=O)(=O)c1cc(C(=O)Nc2ccc(S(=O)(=O)N3CCCCC3)cc2)ccc1C. The lowest BCUT2D eigenvalue weighted by Gasteiger charge is -2.25. The van der Waals surface area contributed by atoms with Gasteiger partial charge in [0, 0.05) is 24.3 Å². The Labute approximate surface area is 212 Å². The number of nitrogens with one attached hydrogen (secondary N) is 2. The summed E-state index contributed by atoms with van der Waals surface area (Å²) in [5, 5.41) is 2.71. The van der Waals surface area contributed by atoms with Crippen molar-refractivity contribution in [1.82, 2.24) is 4.31 Å². The van der Waals surface area contributed by atoms with Gasteiger partial charge in [-0.05, 0) is 80.3 Å². The molecular weight excluding hydrogens is 498 g/mol. The highest BCUT2D eigenvalue weighted by Gasteiger charge is 2.26. The van der Waals surface area contributed by atoms with Crippen molar-refractivity contribution in [3.8, 4) is 0 Å². The van der Waals surface area contributed by atoms with Gasteiger partial charge < -0.3 is 5.32 Å². The Hall–Kier alpha value is -3.21. The first kappa shape index (κ1) is 25.9. The van der Waals surface area contributed by atoms with Gasteiger partial charge in [0.1, 0.15) is 0 Å². The van der Waals surface area contributed by atoms with Crippen molar-refractivity contribution in [2.75, 3.05) is 23.1 Å². The Balaban J connectivity index is 1.51. The second-order valence-electron chi connectivity index (χ2n) is 8.84. The minimum atomic E-state index is -3.93. The summed E-state index contributed by atoms with van der Waals surface area (Å²) in [6.07, 6.45) is 2.73. The molecule has 0 saturated carbocycles. The number of benzene rings is 3. The predicted molar refractivity (Wildman–Crippen MR) is 140 cm³/mol. The highest BCUT2D eigenvalue weighted by molar-refractivity contribution is 7.92. The number of rotatable bonds is 7. The fourth-order valence-corrected chi connectivity index (χ4v) is 7.01. The highest BCUT2D eigenvalue weighted by Crippen LogP contribution is 2.25. The molecule has 1 aliphatic rings. The van der Waals surface area contributed by atoms with Gasteiger partial charge in [-0.3, -0.25) is 9.52 Å². The van der Waals surface area contributed by atoms with E-state index in [0.29, 0.717) is 30.0 Å². The van der Waals surface area contributed by atoms with Crippen LogP contribution >= 0.6 is 0 Å². The Bertz CT molecular complexity index is 1480. The van der Waals surface area contributed by atoms with Crippen LogP contribution in [0.5, 0.6) is 0 Å². The molecule has 3 aromatic carbocycles. The molecule has 36 heavy (non-hydrogen) atoms. The maximum Gasteiger partial charge on any atom is 0.262 e. The minimum Gasteiger partial charge on any atom is -0.322 e. The number of aryl methyl sites for hydroxylation is 2. The average molecular weight is 528 g/mol. The van der Waals surface area contributed by atoms with Crippen molar-refractivity contribution < 1.29 is 21.6 Å². The van der Waals surface area contributed by atoms with E-state index in [0.717, 1.165) is 24.8 Å². The zero-order chi connectivity index (χ0) is 25.9. The van der Waals surface area contributed by atoms with E-state index >= 15 is 0 Å². The van der Waals surface area contributed by atoms with E-state index in [1.54, 1.807) is 44.2 Å². The fourth-order valence-electron chi connectivity index (χ4n) is 4.09. The summed E-state index contributed by atoms with van der Waals surface area (Å²) in [5.74, 6) is -0.506. The lowest BCUT2D eigenvalue weighted by Crippen LogP contribution is -2.35. The number of nitrogens with zero attached hydrogens (tertiary/aromatic N) is 1. The summed E-state index contributed by atoms with van der Waals surface area (Å²) in [4.78, 5) is 13.1. The van der Waals surface area contributed by atoms with Gasteiger partial charge in [0.05, 0.1) is 15.5 Å². The van der Waals surface area contributed by atoms with E-state index in [2.05, 4.69) is 10.0 Å². The third-order valence-corrected chi connectivity index (χ3v) is 9.61. The molecule has 1 fully saturated rings. The highest BCUT2D eigenvalue weighted by atomic mass is 32.2. The van der Waals surface area contributed by atoms with Crippen LogP contribution in [0.2, 0.25) is 0 Å². The van der Waals surface area contributed by atoms with Crippen LogP contribution in [0.25, 0.3) is 0 Å². The number of hydrogen-bond acceptors (Lipinski definition) is 5. The van der Waals surface area contributed by atoms with Crippen molar-refractivity contribution in [3.63, 3.8) is 0 Å². The minimum absolute atomic E-state index is 0.00127. The lowest BCUT2D eigenvalue weighted by atomic mass is 10.1. The van der Waals surface area contributed by atoms with Gasteiger partial charge >= 0.3 is 0 Å². The Morgan fingerprint density at radius 2 is 1.47 bits per heavy atom. The number of carbonyl (C=O) groups is 1. The van der Waals surface area contributed by atoms with Gasteiger partial charge in [0.2, 0.25) is 10.0 Å². The molecule has 4 rings (SSSR count). The molecule has 0 unspecified atom stereocenters. The molecule has 1 aliphatic heterocycles. The second-order valence-corrected chi connectivity index (χ2v) is 12.4. The number of carbonyl (C=O) groups excluding carboxylic acids is 1. The van der Waals surface area contributed by atoms with Crippen molar-refractivity contribution >= 4 is 37.3 Å². The number of hydrogen-bond donors (Lipinski definition) is 2. The summed E-state index contributed by atoms with van der Waals surface area (Å²) in [6, 6.07) is 17.5. The summed E-state index contributed by atoms with van der Waals surface area (Å²) in [5.41, 5.74) is 2.31. The van der Waals surface area contributed by atoms with Crippen LogP contribution in [0.3, 0.4) is 0 Å². The van der Waals surface area contributed by atoms with Crippen molar-refractivity contribution in [2.45, 2.75) is 42.9 Å². The van der Waals surface area contributed by atoms with Gasteiger partial charge in [0.25, 0.3) is 15.9 Å². The third kappa shape index (κ3) is 5.61. The monoisotopic (exact) mass is 527 g/mol. The molecular formula is C26H29N3O5S2. The quantitative estimate of drug-likeness (QED) is 0.469. The fraction of sp³-hybridized carbons (Fsp3) is 0.269. The van der Waals surface area contributed by atoms with E-state index in [1.807, 2.05) is 6.07 Å². The summed E-state index contributed by atoms with van der Waals surface area (Å²) >= 11 is 0. The molecule has 1 amide bonds. The van der Waals surface area contributed by atoms with Crippen molar-refractivity contribution in [3.05, 3.63) is 83.4 Å². The molecule has 190 valence electrons. The molecule has 1 heterocycles. The first-order chi connectivity index (χ1) is 17.1. The predicted octanol–water partition coefficient (Wildman–Crippen LogP) is 4.53. The molecule has 0 aliphatic carbocycles. The molecule has 1 saturated heterocycles. The molecule has 10 heteroatoms. The van der Waals surface area contributed by atoms with E-state index in [4.69, 9.17) is 0 Å². The number of anilines is 2. The summed E-state index contributed by atoms with van der Waals surface area (Å²) in [6.45, 7) is 4.49. The first-order valence-corrected chi connectivity index (χ1v) is 14.6. The van der Waals surface area contributed by atoms with Gasteiger partial charge in [0.15, 0.2) is 0 Å². The van der Waals surface area contributed by atoms with Crippen molar-refractivity contribution in [1.29, 1.82) is 0 Å². The van der Waals surface area contributed by atoms with Crippen LogP contribution in [0.15, 0.2) is 76.5 Å². The van der Waals surface area contributed by atoms with Gasteiger partial charge in [-0.1, -0.05) is 30.7 Å². The number of sulfonamides is 2.